The van der Waals surface area contributed by atoms with Crippen LogP contribution in [0.15, 0.2) is 48.6 Å². The van der Waals surface area contributed by atoms with Crippen LogP contribution in [0, 0.1) is 0 Å². The summed E-state index contributed by atoms with van der Waals surface area (Å²) in [5.74, 6) is -0.419. The van der Waals surface area contributed by atoms with E-state index in [4.69, 9.17) is 18.5 Å². The van der Waals surface area contributed by atoms with Gasteiger partial charge in [0.25, 0.3) is 7.82 Å². The molecule has 0 radical (unpaired) electrons. The molecule has 0 N–H and O–H groups in total. The third-order valence-electron chi connectivity index (χ3n) is 6.16. The summed E-state index contributed by atoms with van der Waals surface area (Å²) in [5, 5.41) is 0. The molecular weight excluding hydrogens is 553 g/mol. The topological polar surface area (TPSA) is 94.1 Å². The van der Waals surface area contributed by atoms with Crippen LogP contribution in [0.1, 0.15) is 97.3 Å². The number of allylic oxidation sites excluding steroid dienone is 8. The van der Waals surface area contributed by atoms with Crippen molar-refractivity contribution in [3.63, 3.8) is 0 Å². The van der Waals surface area contributed by atoms with Crippen molar-refractivity contribution < 1.29 is 37.3 Å². The number of phosphoric acid groups is 1. The smallest absolute Gasteiger partial charge is 0.306 e. The molecule has 0 aromatic rings. The van der Waals surface area contributed by atoms with Gasteiger partial charge in [0.2, 0.25) is 0 Å². The van der Waals surface area contributed by atoms with Crippen molar-refractivity contribution in [3.05, 3.63) is 48.6 Å². The van der Waals surface area contributed by atoms with Crippen molar-refractivity contribution in [2.24, 2.45) is 0 Å². The largest absolute Gasteiger partial charge is 0.756 e. The zero-order valence-electron chi connectivity index (χ0n) is 27.2. The Morgan fingerprint density at radius 1 is 0.762 bits per heavy atom. The molecule has 0 amide bonds. The quantitative estimate of drug-likeness (QED) is 0.0297. The Bertz CT molecular complexity index is 818. The molecule has 0 fully saturated rings. The predicted octanol–water partition coefficient (Wildman–Crippen LogP) is 7.46. The number of ether oxygens (including phenoxy) is 2. The molecule has 0 bridgehead atoms. The van der Waals surface area contributed by atoms with E-state index in [2.05, 4.69) is 50.3 Å². The molecule has 0 aliphatic carbocycles. The lowest BCUT2D eigenvalue weighted by Gasteiger charge is -2.28. The molecule has 0 aliphatic rings. The van der Waals surface area contributed by atoms with Crippen LogP contribution in [0.3, 0.4) is 0 Å². The fraction of sp³-hybridized carbons (Fsp3) is 0.727. The number of rotatable bonds is 28. The number of carbonyl (C=O) groups is 1. The van der Waals surface area contributed by atoms with Gasteiger partial charge in [-0.15, -0.1) is 0 Å². The molecule has 0 aromatic heterocycles. The second-order valence-corrected chi connectivity index (χ2v) is 12.8. The summed E-state index contributed by atoms with van der Waals surface area (Å²) in [6.07, 6.45) is 28.6. The average Bonchev–Trinajstić information content (AvgIpc) is 2.92. The van der Waals surface area contributed by atoms with E-state index in [0.717, 1.165) is 38.5 Å². The lowest BCUT2D eigenvalue weighted by molar-refractivity contribution is -0.870. The maximum atomic E-state index is 12.4. The first kappa shape index (κ1) is 40.5. The number of hydrogen-bond donors (Lipinski definition) is 0. The van der Waals surface area contributed by atoms with Crippen LogP contribution in [0.25, 0.3) is 0 Å². The molecule has 9 heteroatoms. The van der Waals surface area contributed by atoms with Crippen molar-refractivity contribution >= 4 is 13.8 Å². The molecule has 0 saturated carbocycles. The highest BCUT2D eigenvalue weighted by molar-refractivity contribution is 7.45. The van der Waals surface area contributed by atoms with Gasteiger partial charge in [0, 0.05) is 13.0 Å². The SMILES string of the molecule is CC/C=C\C/C=C\C/C=C\C/C=C\CCC(=O)OC(COCCCCCCCCC)COP(=O)([O-])OCC[N+](C)(C)C. The van der Waals surface area contributed by atoms with E-state index in [1.807, 2.05) is 33.3 Å². The van der Waals surface area contributed by atoms with E-state index < -0.39 is 19.9 Å². The summed E-state index contributed by atoms with van der Waals surface area (Å²) in [5.41, 5.74) is 0. The fourth-order valence-electron chi connectivity index (χ4n) is 3.67. The number of likely N-dealkylation sites (N-methyl/N-ethyl adjacent to an activating group) is 1. The van der Waals surface area contributed by atoms with Gasteiger partial charge in [0.05, 0.1) is 34.4 Å². The lowest BCUT2D eigenvalue weighted by Crippen LogP contribution is -2.37. The van der Waals surface area contributed by atoms with E-state index in [1.165, 1.54) is 32.1 Å². The Balaban J connectivity index is 4.51. The summed E-state index contributed by atoms with van der Waals surface area (Å²) in [6.45, 7) is 5.11. The van der Waals surface area contributed by atoms with Crippen molar-refractivity contribution in [1.29, 1.82) is 0 Å². The maximum Gasteiger partial charge on any atom is 0.306 e. The molecule has 42 heavy (non-hydrogen) atoms. The van der Waals surface area contributed by atoms with E-state index in [-0.39, 0.29) is 26.2 Å². The molecule has 0 aliphatic heterocycles. The highest BCUT2D eigenvalue weighted by Gasteiger charge is 2.20. The Hall–Kier alpha value is -1.54. The minimum atomic E-state index is -4.52. The molecule has 2 atom stereocenters. The second kappa shape index (κ2) is 27.0. The monoisotopic (exact) mass is 613 g/mol. The molecule has 0 saturated heterocycles. The van der Waals surface area contributed by atoms with Crippen molar-refractivity contribution in [2.75, 3.05) is 54.1 Å². The van der Waals surface area contributed by atoms with Crippen LogP contribution >= 0.6 is 7.82 Å². The van der Waals surface area contributed by atoms with Crippen LogP contribution in [0.2, 0.25) is 0 Å². The molecule has 8 nitrogen and oxygen atoms in total. The number of hydrogen-bond acceptors (Lipinski definition) is 7. The molecule has 0 heterocycles. The van der Waals surface area contributed by atoms with Gasteiger partial charge in [-0.2, -0.15) is 0 Å². The standard InChI is InChI=1S/C33H60NO7P/c1-6-8-10-12-14-15-16-17-18-19-20-22-24-26-33(35)41-32(30-38-28-25-23-21-13-11-9-7-2)31-40-42(36,37)39-29-27-34(3,4)5/h8,10,14-15,17-18,20,22,32H,6-7,9,11-13,16,19,21,23-31H2,1-5H3/b10-8-,15-14-,18-17-,22-20-. The van der Waals surface area contributed by atoms with Crippen LogP contribution in [0.4, 0.5) is 0 Å². The van der Waals surface area contributed by atoms with E-state index >= 15 is 0 Å². The zero-order valence-corrected chi connectivity index (χ0v) is 28.1. The van der Waals surface area contributed by atoms with E-state index in [1.54, 1.807) is 0 Å². The Morgan fingerprint density at radius 3 is 1.93 bits per heavy atom. The van der Waals surface area contributed by atoms with Gasteiger partial charge in [0.15, 0.2) is 0 Å². The lowest BCUT2D eigenvalue weighted by atomic mass is 10.1. The molecule has 244 valence electrons. The number of phosphoric ester groups is 1. The van der Waals surface area contributed by atoms with Crippen molar-refractivity contribution in [1.82, 2.24) is 0 Å². The maximum absolute atomic E-state index is 12.4. The Labute approximate surface area is 257 Å². The van der Waals surface area contributed by atoms with Crippen molar-refractivity contribution in [2.45, 2.75) is 103 Å². The van der Waals surface area contributed by atoms with Gasteiger partial charge >= 0.3 is 5.97 Å². The minimum absolute atomic E-state index is 0.0123. The number of unbranched alkanes of at least 4 members (excludes halogenated alkanes) is 6. The molecule has 0 spiro atoms. The van der Waals surface area contributed by atoms with Gasteiger partial charge < -0.3 is 27.9 Å². The van der Waals surface area contributed by atoms with Crippen molar-refractivity contribution in [3.8, 4) is 0 Å². The normalized spacial score (nSPS) is 14.9. The van der Waals surface area contributed by atoms with Crippen LogP contribution < -0.4 is 4.89 Å². The summed E-state index contributed by atoms with van der Waals surface area (Å²) < 4.78 is 34.0. The van der Waals surface area contributed by atoms with E-state index in [9.17, 15) is 14.3 Å². The Kier molecular flexibility index (Phi) is 26.0. The number of quaternary nitrogens is 1. The van der Waals surface area contributed by atoms with Crippen LogP contribution in [0.5, 0.6) is 0 Å². The first-order valence-electron chi connectivity index (χ1n) is 15.9. The highest BCUT2D eigenvalue weighted by Crippen LogP contribution is 2.38. The average molecular weight is 614 g/mol. The minimum Gasteiger partial charge on any atom is -0.756 e. The summed E-state index contributed by atoms with van der Waals surface area (Å²) in [7, 11) is 1.30. The van der Waals surface area contributed by atoms with Crippen LogP contribution in [-0.4, -0.2) is 70.7 Å². The molecule has 0 aromatic carbocycles. The van der Waals surface area contributed by atoms with Crippen LogP contribution in [-0.2, 0) is 27.9 Å². The number of esters is 1. The highest BCUT2D eigenvalue weighted by atomic mass is 31.2. The third kappa shape index (κ3) is 29.9. The fourth-order valence-corrected chi connectivity index (χ4v) is 4.40. The van der Waals surface area contributed by atoms with Gasteiger partial charge in [0.1, 0.15) is 19.3 Å². The summed E-state index contributed by atoms with van der Waals surface area (Å²) in [6, 6.07) is 0. The first-order valence-corrected chi connectivity index (χ1v) is 17.3. The Morgan fingerprint density at radius 2 is 1.33 bits per heavy atom. The molecular formula is C33H60NO7P. The zero-order chi connectivity index (χ0) is 31.4. The number of nitrogens with zero attached hydrogens (tertiary/aromatic N) is 1. The van der Waals surface area contributed by atoms with Gasteiger partial charge in [-0.1, -0.05) is 101 Å². The van der Waals surface area contributed by atoms with E-state index in [0.29, 0.717) is 24.1 Å². The molecule has 0 rings (SSSR count). The van der Waals surface area contributed by atoms with Gasteiger partial charge in [-0.3, -0.25) is 9.36 Å². The predicted molar refractivity (Wildman–Crippen MR) is 171 cm³/mol. The number of carbonyl (C=O) groups excluding carboxylic acids is 1. The second-order valence-electron chi connectivity index (χ2n) is 11.4. The molecule has 2 unspecified atom stereocenters. The summed E-state index contributed by atoms with van der Waals surface area (Å²) >= 11 is 0. The van der Waals surface area contributed by atoms with Gasteiger partial charge in [-0.25, -0.2) is 0 Å². The first-order chi connectivity index (χ1) is 20.1. The van der Waals surface area contributed by atoms with Gasteiger partial charge in [-0.05, 0) is 38.5 Å². The summed E-state index contributed by atoms with van der Waals surface area (Å²) in [4.78, 5) is 24.7. The third-order valence-corrected chi connectivity index (χ3v) is 7.12.